The lowest BCUT2D eigenvalue weighted by atomic mass is 9.96. The third kappa shape index (κ3) is 4.35. The molecule has 3 nitrogen and oxygen atoms in total. The maximum atomic E-state index is 13.0. The molecule has 3 rings (SSSR count). The number of nitrogens with two attached hydrogens (primary N) is 1. The number of benzene rings is 2. The average molecular weight is 372 g/mol. The predicted octanol–water partition coefficient (Wildman–Crippen LogP) is 4.42. The molecule has 2 unspecified atom stereocenters. The second-order valence-electron chi connectivity index (χ2n) is 7.54. The number of hydrogen-bond donors (Lipinski definition) is 1. The van der Waals surface area contributed by atoms with Gasteiger partial charge in [0.05, 0.1) is 6.04 Å². The van der Waals surface area contributed by atoms with Gasteiger partial charge in [-0.25, -0.2) is 8.78 Å². The highest BCUT2D eigenvalue weighted by Gasteiger charge is 2.35. The first-order valence-corrected chi connectivity index (χ1v) is 9.40. The summed E-state index contributed by atoms with van der Waals surface area (Å²) < 4.78 is 26.0. The Kier molecular flexibility index (Phi) is 5.90. The van der Waals surface area contributed by atoms with Crippen LogP contribution in [0.4, 0.5) is 8.78 Å². The molecule has 1 saturated heterocycles. The number of likely N-dealkylation sites (tertiary alicyclic amines) is 1. The van der Waals surface area contributed by atoms with Gasteiger partial charge >= 0.3 is 0 Å². The lowest BCUT2D eigenvalue weighted by molar-refractivity contribution is -0.135. The summed E-state index contributed by atoms with van der Waals surface area (Å²) in [6, 6.07) is 14.2. The molecule has 1 aliphatic rings. The topological polar surface area (TPSA) is 46.3 Å². The minimum atomic E-state index is -2.49. The number of carbonyl (C=O) groups is 1. The van der Waals surface area contributed by atoms with Crippen molar-refractivity contribution in [2.45, 2.75) is 45.2 Å². The molecule has 1 fully saturated rings. The standard InChI is InChI=1S/C22H26F2N2O/c1-14(2)22(27)26-10-9-19(25)20(26)12-15-5-3-6-16(11-15)17-7-4-8-18(13-17)21(23)24/h3-8,11,13-14,19-21H,9-10,12,25H2,1-2H3. The summed E-state index contributed by atoms with van der Waals surface area (Å²) in [5.74, 6) is 0.0787. The summed E-state index contributed by atoms with van der Waals surface area (Å²) in [4.78, 5) is 14.4. The maximum Gasteiger partial charge on any atom is 0.263 e. The SMILES string of the molecule is CC(C)C(=O)N1CCC(N)C1Cc1cccc(-c2cccc(C(F)F)c2)c1. The van der Waals surface area contributed by atoms with Crippen molar-refractivity contribution in [3.8, 4) is 11.1 Å². The summed E-state index contributed by atoms with van der Waals surface area (Å²) in [5, 5.41) is 0. The molecule has 0 saturated carbocycles. The van der Waals surface area contributed by atoms with Gasteiger partial charge in [0.25, 0.3) is 6.43 Å². The second kappa shape index (κ2) is 8.17. The van der Waals surface area contributed by atoms with E-state index in [1.165, 1.54) is 12.1 Å². The molecule has 2 atom stereocenters. The van der Waals surface area contributed by atoms with Crippen molar-refractivity contribution in [3.63, 3.8) is 0 Å². The fraction of sp³-hybridized carbons (Fsp3) is 0.409. The van der Waals surface area contributed by atoms with Gasteiger partial charge < -0.3 is 10.6 Å². The van der Waals surface area contributed by atoms with Gasteiger partial charge in [0.15, 0.2) is 0 Å². The van der Waals surface area contributed by atoms with Crippen LogP contribution < -0.4 is 5.73 Å². The zero-order valence-electron chi connectivity index (χ0n) is 15.7. The minimum absolute atomic E-state index is 0.0180. The lowest BCUT2D eigenvalue weighted by Gasteiger charge is -2.28. The van der Waals surface area contributed by atoms with Gasteiger partial charge in [-0.05, 0) is 35.6 Å². The molecule has 0 aliphatic carbocycles. The number of nitrogens with zero attached hydrogens (tertiary/aromatic N) is 1. The Balaban J connectivity index is 1.83. The Labute approximate surface area is 159 Å². The van der Waals surface area contributed by atoms with Crippen molar-refractivity contribution < 1.29 is 13.6 Å². The predicted molar refractivity (Wildman–Crippen MR) is 103 cm³/mol. The van der Waals surface area contributed by atoms with E-state index in [4.69, 9.17) is 5.73 Å². The largest absolute Gasteiger partial charge is 0.338 e. The summed E-state index contributed by atoms with van der Waals surface area (Å²) in [7, 11) is 0. The molecule has 1 heterocycles. The van der Waals surface area contributed by atoms with Crippen molar-refractivity contribution in [1.29, 1.82) is 0 Å². The fourth-order valence-electron chi connectivity index (χ4n) is 3.72. The zero-order valence-corrected chi connectivity index (χ0v) is 15.7. The zero-order chi connectivity index (χ0) is 19.6. The molecule has 5 heteroatoms. The van der Waals surface area contributed by atoms with Crippen LogP contribution in [0.5, 0.6) is 0 Å². The van der Waals surface area contributed by atoms with Crippen molar-refractivity contribution in [2.24, 2.45) is 11.7 Å². The molecule has 1 aliphatic heterocycles. The number of alkyl halides is 2. The van der Waals surface area contributed by atoms with Gasteiger partial charge in [0.1, 0.15) is 0 Å². The van der Waals surface area contributed by atoms with Crippen LogP contribution in [0.15, 0.2) is 48.5 Å². The van der Waals surface area contributed by atoms with E-state index in [2.05, 4.69) is 0 Å². The molecule has 0 spiro atoms. The van der Waals surface area contributed by atoms with Crippen LogP contribution >= 0.6 is 0 Å². The van der Waals surface area contributed by atoms with Crippen LogP contribution in [-0.4, -0.2) is 29.4 Å². The molecule has 27 heavy (non-hydrogen) atoms. The van der Waals surface area contributed by atoms with E-state index in [0.29, 0.717) is 13.0 Å². The van der Waals surface area contributed by atoms with E-state index >= 15 is 0 Å². The highest BCUT2D eigenvalue weighted by molar-refractivity contribution is 5.79. The van der Waals surface area contributed by atoms with Gasteiger partial charge in [0, 0.05) is 24.1 Å². The van der Waals surface area contributed by atoms with E-state index in [9.17, 15) is 13.6 Å². The second-order valence-corrected chi connectivity index (χ2v) is 7.54. The number of rotatable bonds is 5. The molecular weight excluding hydrogens is 346 g/mol. The molecule has 2 aromatic rings. The van der Waals surface area contributed by atoms with Crippen molar-refractivity contribution >= 4 is 5.91 Å². The summed E-state index contributed by atoms with van der Waals surface area (Å²) in [6.45, 7) is 4.50. The van der Waals surface area contributed by atoms with E-state index < -0.39 is 6.43 Å². The Bertz CT molecular complexity index is 806. The van der Waals surface area contributed by atoms with Crippen LogP contribution in [0.25, 0.3) is 11.1 Å². The lowest BCUT2D eigenvalue weighted by Crippen LogP contribution is -2.45. The van der Waals surface area contributed by atoms with E-state index in [1.807, 2.05) is 49.1 Å². The first-order valence-electron chi connectivity index (χ1n) is 9.40. The molecule has 1 amide bonds. The fourth-order valence-corrected chi connectivity index (χ4v) is 3.72. The van der Waals surface area contributed by atoms with Gasteiger partial charge in [-0.15, -0.1) is 0 Å². The van der Waals surface area contributed by atoms with Crippen LogP contribution in [0.1, 0.15) is 37.8 Å². The monoisotopic (exact) mass is 372 g/mol. The average Bonchev–Trinajstić information content (AvgIpc) is 3.01. The highest BCUT2D eigenvalue weighted by atomic mass is 19.3. The van der Waals surface area contributed by atoms with Crippen LogP contribution in [0.3, 0.4) is 0 Å². The maximum absolute atomic E-state index is 13.0. The van der Waals surface area contributed by atoms with E-state index in [1.54, 1.807) is 6.07 Å². The molecule has 2 aromatic carbocycles. The Morgan fingerprint density at radius 1 is 1.15 bits per heavy atom. The Morgan fingerprint density at radius 2 is 1.81 bits per heavy atom. The first kappa shape index (κ1) is 19.5. The van der Waals surface area contributed by atoms with E-state index in [0.717, 1.165) is 23.1 Å². The summed E-state index contributed by atoms with van der Waals surface area (Å²) >= 11 is 0. The molecule has 144 valence electrons. The number of hydrogen-bond acceptors (Lipinski definition) is 2. The number of amides is 1. The molecular formula is C22H26F2N2O. The van der Waals surface area contributed by atoms with Crippen LogP contribution in [0, 0.1) is 5.92 Å². The first-order chi connectivity index (χ1) is 12.9. The smallest absolute Gasteiger partial charge is 0.263 e. The van der Waals surface area contributed by atoms with Gasteiger partial charge in [0.2, 0.25) is 5.91 Å². The minimum Gasteiger partial charge on any atom is -0.338 e. The third-order valence-corrected chi connectivity index (χ3v) is 5.22. The van der Waals surface area contributed by atoms with Crippen LogP contribution in [-0.2, 0) is 11.2 Å². The third-order valence-electron chi connectivity index (χ3n) is 5.22. The molecule has 2 N–H and O–H groups in total. The van der Waals surface area contributed by atoms with Crippen molar-refractivity contribution in [2.75, 3.05) is 6.54 Å². The van der Waals surface area contributed by atoms with Crippen molar-refractivity contribution in [1.82, 2.24) is 4.90 Å². The highest BCUT2D eigenvalue weighted by Crippen LogP contribution is 2.28. The number of carbonyl (C=O) groups excluding carboxylic acids is 1. The van der Waals surface area contributed by atoms with E-state index in [-0.39, 0.29) is 29.5 Å². The van der Waals surface area contributed by atoms with Gasteiger partial charge in [-0.1, -0.05) is 56.3 Å². The Morgan fingerprint density at radius 3 is 2.48 bits per heavy atom. The normalized spacial score (nSPS) is 19.9. The van der Waals surface area contributed by atoms with Gasteiger partial charge in [-0.2, -0.15) is 0 Å². The van der Waals surface area contributed by atoms with Gasteiger partial charge in [-0.3, -0.25) is 4.79 Å². The van der Waals surface area contributed by atoms with Crippen molar-refractivity contribution in [3.05, 3.63) is 59.7 Å². The Hall–Kier alpha value is -2.27. The number of halogens is 2. The molecule has 0 radical (unpaired) electrons. The molecule has 0 aromatic heterocycles. The molecule has 0 bridgehead atoms. The summed E-state index contributed by atoms with van der Waals surface area (Å²) in [5.41, 5.74) is 9.01. The summed E-state index contributed by atoms with van der Waals surface area (Å²) in [6.07, 6.45) is -1.01. The quantitative estimate of drug-likeness (QED) is 0.845. The van der Waals surface area contributed by atoms with Crippen LogP contribution in [0.2, 0.25) is 0 Å².